The molecular formula is C9H11ClO2S. The van der Waals surface area contributed by atoms with Gasteiger partial charge < -0.3 is 4.55 Å². The lowest BCUT2D eigenvalue weighted by molar-refractivity contribution is 0.562. The Morgan fingerprint density at radius 2 is 2.08 bits per heavy atom. The van der Waals surface area contributed by atoms with E-state index in [0.717, 1.165) is 5.56 Å². The first kappa shape index (κ1) is 10.7. The predicted octanol–water partition coefficient (Wildman–Crippen LogP) is 3.04. The molecule has 13 heavy (non-hydrogen) atoms. The summed E-state index contributed by atoms with van der Waals surface area (Å²) in [7, 11) is 0. The molecule has 1 aromatic rings. The lowest BCUT2D eigenvalue weighted by Crippen LogP contribution is -1.98. The fourth-order valence-electron chi connectivity index (χ4n) is 1.13. The normalized spacial score (nSPS) is 13.3. The van der Waals surface area contributed by atoms with Gasteiger partial charge in [0.1, 0.15) is 0 Å². The Morgan fingerprint density at radius 1 is 1.46 bits per heavy atom. The van der Waals surface area contributed by atoms with Gasteiger partial charge in [0.2, 0.25) is 0 Å². The molecule has 1 atom stereocenters. The molecule has 0 saturated carbocycles. The van der Waals surface area contributed by atoms with Crippen LogP contribution in [0, 0.1) is 0 Å². The zero-order valence-electron chi connectivity index (χ0n) is 7.45. The van der Waals surface area contributed by atoms with Gasteiger partial charge in [-0.25, -0.2) is 4.21 Å². The SMILES string of the molecule is CC(C)c1cc(Cl)ccc1S(=O)O. The number of rotatable bonds is 2. The Kier molecular flexibility index (Phi) is 3.47. The number of benzene rings is 1. The van der Waals surface area contributed by atoms with Crippen molar-refractivity contribution in [2.75, 3.05) is 0 Å². The summed E-state index contributed by atoms with van der Waals surface area (Å²) < 4.78 is 19.9. The maximum Gasteiger partial charge on any atom is 0.186 e. The van der Waals surface area contributed by atoms with Crippen LogP contribution in [-0.2, 0) is 11.1 Å². The van der Waals surface area contributed by atoms with Crippen molar-refractivity contribution < 1.29 is 8.76 Å². The third-order valence-corrected chi connectivity index (χ3v) is 2.77. The molecule has 0 bridgehead atoms. The topological polar surface area (TPSA) is 37.3 Å². The summed E-state index contributed by atoms with van der Waals surface area (Å²) in [5.74, 6) is 0.199. The zero-order valence-corrected chi connectivity index (χ0v) is 9.02. The molecule has 1 unspecified atom stereocenters. The summed E-state index contributed by atoms with van der Waals surface area (Å²) in [5, 5.41) is 0.595. The second-order valence-corrected chi connectivity index (χ2v) is 4.46. The molecule has 72 valence electrons. The minimum absolute atomic E-state index is 0.199. The maximum atomic E-state index is 10.9. The fraction of sp³-hybridized carbons (Fsp3) is 0.333. The Bertz CT molecular complexity index is 336. The van der Waals surface area contributed by atoms with Crippen LogP contribution < -0.4 is 0 Å². The van der Waals surface area contributed by atoms with E-state index in [2.05, 4.69) is 0 Å². The van der Waals surface area contributed by atoms with E-state index in [1.54, 1.807) is 18.2 Å². The molecule has 1 rings (SSSR count). The van der Waals surface area contributed by atoms with Gasteiger partial charge in [-0.05, 0) is 29.7 Å². The van der Waals surface area contributed by atoms with Gasteiger partial charge in [-0.2, -0.15) is 0 Å². The molecule has 0 aliphatic carbocycles. The molecule has 2 nitrogen and oxygen atoms in total. The predicted molar refractivity (Wildman–Crippen MR) is 54.6 cm³/mol. The lowest BCUT2D eigenvalue weighted by Gasteiger charge is -2.09. The molecule has 0 radical (unpaired) electrons. The van der Waals surface area contributed by atoms with Crippen molar-refractivity contribution in [1.29, 1.82) is 0 Å². The number of hydrogen-bond acceptors (Lipinski definition) is 1. The van der Waals surface area contributed by atoms with Crippen molar-refractivity contribution >= 4 is 22.7 Å². The molecule has 1 aromatic carbocycles. The summed E-state index contributed by atoms with van der Waals surface area (Å²) in [6.07, 6.45) is 0. The quantitative estimate of drug-likeness (QED) is 0.775. The average molecular weight is 219 g/mol. The minimum atomic E-state index is -1.93. The molecule has 0 saturated heterocycles. The van der Waals surface area contributed by atoms with Gasteiger partial charge in [0.15, 0.2) is 11.1 Å². The van der Waals surface area contributed by atoms with Crippen LogP contribution in [0.25, 0.3) is 0 Å². The molecule has 0 fully saturated rings. The van der Waals surface area contributed by atoms with E-state index in [9.17, 15) is 4.21 Å². The number of halogens is 1. The van der Waals surface area contributed by atoms with E-state index in [-0.39, 0.29) is 5.92 Å². The Labute approximate surface area is 85.2 Å². The molecule has 0 spiro atoms. The van der Waals surface area contributed by atoms with Crippen LogP contribution in [0.2, 0.25) is 5.02 Å². The highest BCUT2D eigenvalue weighted by atomic mass is 35.5. The third-order valence-electron chi connectivity index (χ3n) is 1.78. The second kappa shape index (κ2) is 4.22. The monoisotopic (exact) mass is 218 g/mol. The van der Waals surface area contributed by atoms with Crippen LogP contribution in [0.15, 0.2) is 23.1 Å². The summed E-state index contributed by atoms with van der Waals surface area (Å²) in [4.78, 5) is 0.444. The van der Waals surface area contributed by atoms with Crippen LogP contribution >= 0.6 is 11.6 Å². The summed E-state index contributed by atoms with van der Waals surface area (Å²) in [6, 6.07) is 4.94. The van der Waals surface area contributed by atoms with Gasteiger partial charge in [-0.1, -0.05) is 25.4 Å². The van der Waals surface area contributed by atoms with E-state index >= 15 is 0 Å². The van der Waals surface area contributed by atoms with Crippen LogP contribution in [0.3, 0.4) is 0 Å². The van der Waals surface area contributed by atoms with Gasteiger partial charge in [0.25, 0.3) is 0 Å². The standard InChI is InChI=1S/C9H11ClO2S/c1-6(2)8-5-7(10)3-4-9(8)13(11)12/h3-6H,1-2H3,(H,11,12). The Morgan fingerprint density at radius 3 is 2.54 bits per heavy atom. The molecule has 0 aliphatic heterocycles. The van der Waals surface area contributed by atoms with Gasteiger partial charge >= 0.3 is 0 Å². The van der Waals surface area contributed by atoms with Gasteiger partial charge in [0.05, 0.1) is 4.90 Å². The van der Waals surface area contributed by atoms with Crippen LogP contribution in [0.5, 0.6) is 0 Å². The Hall–Kier alpha value is -0.380. The van der Waals surface area contributed by atoms with E-state index in [4.69, 9.17) is 16.2 Å². The highest BCUT2D eigenvalue weighted by Crippen LogP contribution is 2.25. The highest BCUT2D eigenvalue weighted by molar-refractivity contribution is 7.79. The number of hydrogen-bond donors (Lipinski definition) is 1. The maximum absolute atomic E-state index is 10.9. The molecular weight excluding hydrogens is 208 g/mol. The first-order valence-electron chi connectivity index (χ1n) is 3.92. The van der Waals surface area contributed by atoms with Gasteiger partial charge in [-0.15, -0.1) is 0 Å². The van der Waals surface area contributed by atoms with Crippen molar-refractivity contribution in [3.8, 4) is 0 Å². The van der Waals surface area contributed by atoms with Crippen molar-refractivity contribution in [2.45, 2.75) is 24.7 Å². The summed E-state index contributed by atoms with van der Waals surface area (Å²) in [5.41, 5.74) is 0.827. The van der Waals surface area contributed by atoms with E-state index in [1.165, 1.54) is 0 Å². The Balaban J connectivity index is 3.26. The van der Waals surface area contributed by atoms with Crippen LogP contribution in [0.1, 0.15) is 25.3 Å². The zero-order chi connectivity index (χ0) is 10.0. The summed E-state index contributed by atoms with van der Waals surface area (Å²) in [6.45, 7) is 3.92. The second-order valence-electron chi connectivity index (χ2n) is 3.09. The molecule has 1 N–H and O–H groups in total. The molecule has 0 aliphatic rings. The molecule has 4 heteroatoms. The summed E-state index contributed by atoms with van der Waals surface area (Å²) >= 11 is 3.86. The average Bonchev–Trinajstić information content (AvgIpc) is 2.03. The van der Waals surface area contributed by atoms with Crippen LogP contribution in [-0.4, -0.2) is 8.76 Å². The molecule has 0 aromatic heterocycles. The third kappa shape index (κ3) is 2.53. The van der Waals surface area contributed by atoms with Crippen molar-refractivity contribution in [1.82, 2.24) is 0 Å². The van der Waals surface area contributed by atoms with Crippen molar-refractivity contribution in [2.24, 2.45) is 0 Å². The smallest absolute Gasteiger partial charge is 0.186 e. The van der Waals surface area contributed by atoms with Gasteiger partial charge in [0, 0.05) is 5.02 Å². The van der Waals surface area contributed by atoms with E-state index in [0.29, 0.717) is 9.92 Å². The minimum Gasteiger partial charge on any atom is -0.302 e. The molecule has 0 heterocycles. The highest BCUT2D eigenvalue weighted by Gasteiger charge is 2.11. The largest absolute Gasteiger partial charge is 0.302 e. The van der Waals surface area contributed by atoms with E-state index in [1.807, 2.05) is 13.8 Å². The van der Waals surface area contributed by atoms with Crippen molar-refractivity contribution in [3.05, 3.63) is 28.8 Å². The first-order valence-corrected chi connectivity index (χ1v) is 5.41. The molecule has 0 amide bonds. The lowest BCUT2D eigenvalue weighted by atomic mass is 10.0. The first-order chi connectivity index (χ1) is 6.02. The van der Waals surface area contributed by atoms with Crippen LogP contribution in [0.4, 0.5) is 0 Å². The van der Waals surface area contributed by atoms with E-state index < -0.39 is 11.1 Å². The van der Waals surface area contributed by atoms with Crippen molar-refractivity contribution in [3.63, 3.8) is 0 Å². The van der Waals surface area contributed by atoms with Gasteiger partial charge in [-0.3, -0.25) is 0 Å². The fourth-order valence-corrected chi connectivity index (χ4v) is 1.99.